The topological polar surface area (TPSA) is 281 Å². The van der Waals surface area contributed by atoms with E-state index in [0.717, 1.165) is 9.36 Å². The van der Waals surface area contributed by atoms with Crippen molar-refractivity contribution in [2.75, 3.05) is 23.8 Å². The molecular weight excluding hydrogens is 772 g/mol. The van der Waals surface area contributed by atoms with Crippen LogP contribution in [0.1, 0.15) is 62.8 Å². The minimum absolute atomic E-state index is 0.00870. The first-order valence-electron chi connectivity index (χ1n) is 17.9. The van der Waals surface area contributed by atoms with Crippen LogP contribution in [-0.4, -0.2) is 111 Å². The molecule has 5 aromatic rings. The summed E-state index contributed by atoms with van der Waals surface area (Å²) in [6.45, 7) is 4.84. The number of hydrogen-bond acceptors (Lipinski definition) is 17. The van der Waals surface area contributed by atoms with Crippen LogP contribution >= 0.6 is 8.60 Å². The van der Waals surface area contributed by atoms with Crippen molar-refractivity contribution in [3.05, 3.63) is 52.6 Å². The van der Waals surface area contributed by atoms with E-state index < -0.39 is 63.1 Å². The molecule has 0 aliphatic carbocycles. The van der Waals surface area contributed by atoms with Crippen molar-refractivity contribution in [3.63, 3.8) is 0 Å². The zero-order valence-electron chi connectivity index (χ0n) is 30.6. The van der Waals surface area contributed by atoms with E-state index in [9.17, 15) is 19.5 Å². The number of nitrogens with one attached hydrogen (secondary N) is 3. The van der Waals surface area contributed by atoms with Crippen molar-refractivity contribution in [3.8, 4) is 6.07 Å². The number of alkyl halides is 1. The summed E-state index contributed by atoms with van der Waals surface area (Å²) >= 11 is 0. The van der Waals surface area contributed by atoms with Crippen LogP contribution in [0.2, 0.25) is 0 Å². The monoisotopic (exact) mass is 809 g/mol. The maximum absolute atomic E-state index is 16.4. The van der Waals surface area contributed by atoms with E-state index in [-0.39, 0.29) is 72.0 Å². The number of anilines is 2. The van der Waals surface area contributed by atoms with Crippen LogP contribution in [0.5, 0.6) is 0 Å². The first-order valence-corrected chi connectivity index (χ1v) is 19.0. The van der Waals surface area contributed by atoms with Gasteiger partial charge in [-0.25, -0.2) is 14.4 Å². The quantitative estimate of drug-likeness (QED) is 0.0873. The largest absolute Gasteiger partial charge is 0.388 e. The molecule has 4 N–H and O–H groups in total. The number of carbonyl (C=O) groups is 2. The molecule has 0 saturated carbocycles. The summed E-state index contributed by atoms with van der Waals surface area (Å²) in [7, 11) is -2.32. The van der Waals surface area contributed by atoms with Crippen molar-refractivity contribution < 1.29 is 42.1 Å². The van der Waals surface area contributed by atoms with Crippen LogP contribution in [0.15, 0.2) is 41.5 Å². The molecule has 2 aliphatic heterocycles. The highest BCUT2D eigenvalue weighted by molar-refractivity contribution is 7.41. The number of nitrogens with zero attached hydrogens (tertiary/aromatic N) is 10. The van der Waals surface area contributed by atoms with Crippen LogP contribution < -0.4 is 16.2 Å². The van der Waals surface area contributed by atoms with Crippen molar-refractivity contribution in [1.29, 1.82) is 5.26 Å². The number of aromatic nitrogens is 10. The second kappa shape index (κ2) is 17.3. The fourth-order valence-electron chi connectivity index (χ4n) is 6.04. The Morgan fingerprint density at radius 2 is 1.84 bits per heavy atom. The van der Waals surface area contributed by atoms with E-state index in [1.807, 2.05) is 6.07 Å². The number of aliphatic hydroxyl groups excluding tert-OH is 1. The molecule has 0 spiro atoms. The minimum Gasteiger partial charge on any atom is -0.388 e. The number of aliphatic hydroxyl groups is 1. The lowest BCUT2D eigenvalue weighted by atomic mass is 10.1. The van der Waals surface area contributed by atoms with Gasteiger partial charge in [-0.2, -0.15) is 19.6 Å². The summed E-state index contributed by atoms with van der Waals surface area (Å²) in [6.07, 6.45) is -6.76. The van der Waals surface area contributed by atoms with Crippen molar-refractivity contribution in [1.82, 2.24) is 49.9 Å². The number of nitriles is 1. The lowest BCUT2D eigenvalue weighted by Crippen LogP contribution is -2.31. The molecule has 0 radical (unpaired) electrons. The van der Waals surface area contributed by atoms with E-state index in [4.69, 9.17) is 28.3 Å². The van der Waals surface area contributed by atoms with Gasteiger partial charge in [-0.1, -0.05) is 49.4 Å². The fraction of sp³-hybridized carbons (Fsp3) is 0.485. The first kappa shape index (κ1) is 39.8. The van der Waals surface area contributed by atoms with Gasteiger partial charge in [0.2, 0.25) is 11.9 Å². The Morgan fingerprint density at radius 3 is 2.58 bits per heavy atom. The first-order chi connectivity index (χ1) is 27.6. The third-order valence-corrected chi connectivity index (χ3v) is 10.1. The van der Waals surface area contributed by atoms with Crippen LogP contribution in [0.25, 0.3) is 22.3 Å². The van der Waals surface area contributed by atoms with E-state index in [0.29, 0.717) is 12.0 Å². The Balaban J connectivity index is 1.03. The van der Waals surface area contributed by atoms with Gasteiger partial charge in [-0.3, -0.25) is 24.7 Å². The van der Waals surface area contributed by atoms with Gasteiger partial charge < -0.3 is 33.5 Å². The smallest absolute Gasteiger partial charge is 0.333 e. The highest BCUT2D eigenvalue weighted by atomic mass is 31.2. The second-order valence-electron chi connectivity index (χ2n) is 13.2. The zero-order chi connectivity index (χ0) is 40.2. The number of H-pyrrole nitrogens is 1. The Labute approximate surface area is 323 Å². The Kier molecular flexibility index (Phi) is 12.1. The normalized spacial score (nSPS) is 23.9. The molecule has 300 valence electrons. The fourth-order valence-corrected chi connectivity index (χ4v) is 7.21. The number of carbonyl (C=O) groups excluding carboxylic acids is 2. The lowest BCUT2D eigenvalue weighted by Gasteiger charge is -2.24. The third kappa shape index (κ3) is 8.47. The van der Waals surface area contributed by atoms with Gasteiger partial charge >= 0.3 is 8.60 Å². The van der Waals surface area contributed by atoms with Crippen molar-refractivity contribution in [2.45, 2.75) is 83.1 Å². The number of halogens is 1. The van der Waals surface area contributed by atoms with E-state index in [1.54, 1.807) is 51.1 Å². The second-order valence-corrected chi connectivity index (χ2v) is 14.4. The maximum atomic E-state index is 16.4. The molecule has 2 saturated heterocycles. The van der Waals surface area contributed by atoms with Gasteiger partial charge in [0, 0.05) is 17.9 Å². The summed E-state index contributed by atoms with van der Waals surface area (Å²) in [6, 6.07) is 10.4. The van der Waals surface area contributed by atoms with Crippen LogP contribution in [0, 0.1) is 17.2 Å². The van der Waals surface area contributed by atoms with E-state index >= 15 is 4.39 Å². The lowest BCUT2D eigenvalue weighted by molar-refractivity contribution is -0.118. The number of fused-ring (bicyclic) bond motifs is 2. The molecule has 2 amide bonds. The molecule has 22 nitrogen and oxygen atoms in total. The molecule has 0 bridgehead atoms. The number of rotatable bonds is 15. The Bertz CT molecular complexity index is 2320. The Hall–Kier alpha value is -5.47. The summed E-state index contributed by atoms with van der Waals surface area (Å²) in [5, 5.41) is 41.3. The average molecular weight is 810 g/mol. The number of hydrogen-bond donors (Lipinski definition) is 4. The highest BCUT2D eigenvalue weighted by Crippen LogP contribution is 2.48. The van der Waals surface area contributed by atoms with E-state index in [2.05, 4.69) is 51.2 Å². The Morgan fingerprint density at radius 1 is 1.09 bits per heavy atom. The van der Waals surface area contributed by atoms with Gasteiger partial charge in [0.05, 0.1) is 37.9 Å². The van der Waals surface area contributed by atoms with Crippen molar-refractivity contribution >= 4 is 54.5 Å². The summed E-state index contributed by atoms with van der Waals surface area (Å²) in [5.41, 5.74) is -0.239. The summed E-state index contributed by atoms with van der Waals surface area (Å²) < 4.78 is 48.6. The molecule has 4 aromatic heterocycles. The maximum Gasteiger partial charge on any atom is 0.333 e. The van der Waals surface area contributed by atoms with E-state index in [1.165, 1.54) is 6.33 Å². The van der Waals surface area contributed by atoms with Crippen LogP contribution in [0.3, 0.4) is 0 Å². The molecular formula is C33H37FN13O9P. The number of benzene rings is 1. The molecule has 1 unspecified atom stereocenters. The van der Waals surface area contributed by atoms with Gasteiger partial charge in [0.1, 0.15) is 18.5 Å². The SMILES string of the molecule is CC[C@H]1O[C@@H](n2nnc3c(NC(=O)c4ccccc4)ncnc32)[C@@H](F)[C@@H]1OP(OCCC#N)OC[C@@H]1C[C@H](O)[C@H](n2nnc3c(=O)[nH]c(NC(=O)C(C)C)nc32)O1. The molecule has 7 rings (SSSR count). The number of aromatic amines is 1. The van der Waals surface area contributed by atoms with Gasteiger partial charge in [-0.15, -0.1) is 10.2 Å². The summed E-state index contributed by atoms with van der Waals surface area (Å²) in [4.78, 5) is 52.8. The number of ether oxygens (including phenoxy) is 2. The molecule has 24 heteroatoms. The third-order valence-electron chi connectivity index (χ3n) is 8.93. The molecule has 8 atom stereocenters. The van der Waals surface area contributed by atoms with Crippen LogP contribution in [-0.2, 0) is 27.8 Å². The van der Waals surface area contributed by atoms with Crippen molar-refractivity contribution in [2.24, 2.45) is 5.92 Å². The molecule has 1 aromatic carbocycles. The van der Waals surface area contributed by atoms with Gasteiger partial charge in [0.25, 0.3) is 11.5 Å². The van der Waals surface area contributed by atoms with Gasteiger partial charge in [-0.05, 0) is 18.6 Å². The average Bonchev–Trinajstić information content (AvgIpc) is 3.99. The number of amides is 2. The molecule has 2 fully saturated rings. The predicted molar refractivity (Wildman–Crippen MR) is 194 cm³/mol. The highest BCUT2D eigenvalue weighted by Gasteiger charge is 2.49. The van der Waals surface area contributed by atoms with Crippen LogP contribution in [0.4, 0.5) is 16.2 Å². The molecule has 57 heavy (non-hydrogen) atoms. The summed E-state index contributed by atoms with van der Waals surface area (Å²) in [5.74, 6) is -1.27. The van der Waals surface area contributed by atoms with Gasteiger partial charge in [0.15, 0.2) is 46.8 Å². The predicted octanol–water partition coefficient (Wildman–Crippen LogP) is 2.45. The zero-order valence-corrected chi connectivity index (χ0v) is 31.5. The molecule has 6 heterocycles. The standard InChI is InChI=1S/C33H37FN13O9P/c1-4-20-24(21(34)32(55-20)46-26-22(42-44-46)25(36-15-37-26)38-29(50)17-9-6-5-7-10-17)56-57(52-12-8-11-35)53-14-18-13-19(48)31(54-18)47-27-23(43-45-47)30(51)41-33(39-27)40-28(49)16(2)3/h5-7,9-10,15-16,18-21,24,31-32,48H,4,8,12-14H2,1-3H3,(H,36,37,38,50)(H2,39,40,41,49,51)/t18-,19-,20+,21-,24+,31+,32+,57?/m0/s1. The molecule has 2 aliphatic rings. The minimum atomic E-state index is -2.32.